The van der Waals surface area contributed by atoms with Crippen molar-refractivity contribution in [2.24, 2.45) is 0 Å². The Morgan fingerprint density at radius 1 is 0.943 bits per heavy atom. The number of carbonyl (C=O) groups excluding carboxylic acids is 2. The molecule has 9 heteroatoms. The number of aryl methyl sites for hydroxylation is 1. The van der Waals surface area contributed by atoms with Crippen molar-refractivity contribution < 1.29 is 19.1 Å². The Labute approximate surface area is 212 Å². The summed E-state index contributed by atoms with van der Waals surface area (Å²) < 4.78 is 10.9. The highest BCUT2D eigenvalue weighted by atomic mass is 35.5. The fraction of sp³-hybridized carbons (Fsp3) is 0.115. The number of methoxy groups -OCH3 is 1. The highest BCUT2D eigenvalue weighted by molar-refractivity contribution is 6.42. The second-order valence-electron chi connectivity index (χ2n) is 7.37. The standard InChI is InChI=1S/C26H21Cl2N3O4/c1-16-3-6-19(7-4-16)31-26(33)18(14-29)11-17-5-10-23(24(12-17)34-2)35-15-25(32)30-20-8-9-21(27)22(28)13-20/h3-13H,15H2,1-2H3,(H,30,32)(H,31,33)/b18-11-. The SMILES string of the molecule is COc1cc(/C=C(/C#N)C(=O)Nc2ccc(C)cc2)ccc1OCC(=O)Nc1ccc(Cl)c(Cl)c1. The highest BCUT2D eigenvalue weighted by Crippen LogP contribution is 2.29. The van der Waals surface area contributed by atoms with Gasteiger partial charge in [0.15, 0.2) is 18.1 Å². The first-order valence-electron chi connectivity index (χ1n) is 10.3. The van der Waals surface area contributed by atoms with E-state index in [2.05, 4.69) is 10.6 Å². The van der Waals surface area contributed by atoms with Gasteiger partial charge >= 0.3 is 0 Å². The van der Waals surface area contributed by atoms with Crippen molar-refractivity contribution in [3.8, 4) is 17.6 Å². The van der Waals surface area contributed by atoms with Crippen LogP contribution in [0.4, 0.5) is 11.4 Å². The number of ether oxygens (including phenoxy) is 2. The van der Waals surface area contributed by atoms with Gasteiger partial charge in [0.05, 0.1) is 17.2 Å². The molecule has 0 bridgehead atoms. The Hall–Kier alpha value is -3.99. The van der Waals surface area contributed by atoms with Crippen LogP contribution in [0.25, 0.3) is 6.08 Å². The minimum absolute atomic E-state index is 0.0812. The molecule has 0 heterocycles. The van der Waals surface area contributed by atoms with E-state index in [1.807, 2.05) is 25.1 Å². The Balaban J connectivity index is 1.67. The maximum Gasteiger partial charge on any atom is 0.266 e. The Bertz CT molecular complexity index is 1320. The molecule has 0 aliphatic heterocycles. The van der Waals surface area contributed by atoms with Gasteiger partial charge < -0.3 is 20.1 Å². The number of nitrogens with zero attached hydrogens (tertiary/aromatic N) is 1. The molecule has 3 aromatic rings. The quantitative estimate of drug-likeness (QED) is 0.292. The first-order chi connectivity index (χ1) is 16.8. The highest BCUT2D eigenvalue weighted by Gasteiger charge is 2.13. The summed E-state index contributed by atoms with van der Waals surface area (Å²) in [6.45, 7) is 1.66. The number of rotatable bonds is 8. The van der Waals surface area contributed by atoms with Crippen molar-refractivity contribution in [1.29, 1.82) is 5.26 Å². The molecule has 0 fully saturated rings. The molecule has 0 unspecified atom stereocenters. The lowest BCUT2D eigenvalue weighted by atomic mass is 10.1. The van der Waals surface area contributed by atoms with Gasteiger partial charge in [-0.2, -0.15) is 5.26 Å². The number of nitrogens with one attached hydrogen (secondary N) is 2. The predicted molar refractivity (Wildman–Crippen MR) is 137 cm³/mol. The third-order valence-electron chi connectivity index (χ3n) is 4.74. The van der Waals surface area contributed by atoms with Gasteiger partial charge in [-0.05, 0) is 61.0 Å². The van der Waals surface area contributed by atoms with E-state index in [1.165, 1.54) is 19.3 Å². The van der Waals surface area contributed by atoms with Crippen LogP contribution in [0.5, 0.6) is 11.5 Å². The Kier molecular flexibility index (Phi) is 8.74. The molecule has 0 saturated heterocycles. The number of carbonyl (C=O) groups is 2. The van der Waals surface area contributed by atoms with Gasteiger partial charge in [0.2, 0.25) is 0 Å². The van der Waals surface area contributed by atoms with E-state index >= 15 is 0 Å². The van der Waals surface area contributed by atoms with Crippen LogP contribution in [0.2, 0.25) is 10.0 Å². The molecule has 3 aromatic carbocycles. The Morgan fingerprint density at radius 2 is 1.66 bits per heavy atom. The molecule has 0 aromatic heterocycles. The van der Waals surface area contributed by atoms with Crippen LogP contribution in [0.1, 0.15) is 11.1 Å². The average Bonchev–Trinajstić information content (AvgIpc) is 2.85. The van der Waals surface area contributed by atoms with Gasteiger partial charge in [0.1, 0.15) is 11.6 Å². The maximum atomic E-state index is 12.5. The van der Waals surface area contributed by atoms with E-state index < -0.39 is 11.8 Å². The monoisotopic (exact) mass is 509 g/mol. The van der Waals surface area contributed by atoms with Crippen molar-refractivity contribution in [2.75, 3.05) is 24.4 Å². The third kappa shape index (κ3) is 7.24. The van der Waals surface area contributed by atoms with Crippen molar-refractivity contribution in [1.82, 2.24) is 0 Å². The second-order valence-corrected chi connectivity index (χ2v) is 8.18. The van der Waals surface area contributed by atoms with Crippen LogP contribution in [-0.2, 0) is 9.59 Å². The summed E-state index contributed by atoms with van der Waals surface area (Å²) in [5.74, 6) is -0.294. The summed E-state index contributed by atoms with van der Waals surface area (Å²) in [5.41, 5.74) is 2.59. The summed E-state index contributed by atoms with van der Waals surface area (Å²) >= 11 is 11.8. The minimum atomic E-state index is -0.533. The van der Waals surface area contributed by atoms with E-state index in [1.54, 1.807) is 42.5 Å². The molecule has 0 radical (unpaired) electrons. The number of hydrogen-bond acceptors (Lipinski definition) is 5. The first kappa shape index (κ1) is 25.6. The zero-order valence-corrected chi connectivity index (χ0v) is 20.4. The fourth-order valence-electron chi connectivity index (χ4n) is 2.96. The van der Waals surface area contributed by atoms with Crippen LogP contribution in [0.3, 0.4) is 0 Å². The number of amides is 2. The molecule has 178 valence electrons. The largest absolute Gasteiger partial charge is 0.493 e. The zero-order chi connectivity index (χ0) is 25.4. The number of halogens is 2. The molecule has 0 aliphatic carbocycles. The van der Waals surface area contributed by atoms with Crippen molar-refractivity contribution >= 4 is 52.5 Å². The van der Waals surface area contributed by atoms with E-state index in [9.17, 15) is 14.9 Å². The van der Waals surface area contributed by atoms with Crippen LogP contribution < -0.4 is 20.1 Å². The first-order valence-corrected chi connectivity index (χ1v) is 11.1. The molecule has 7 nitrogen and oxygen atoms in total. The summed E-state index contributed by atoms with van der Waals surface area (Å²) in [6.07, 6.45) is 1.44. The summed E-state index contributed by atoms with van der Waals surface area (Å²) in [6, 6.07) is 18.7. The lowest BCUT2D eigenvalue weighted by Crippen LogP contribution is -2.20. The second kappa shape index (κ2) is 11.9. The lowest BCUT2D eigenvalue weighted by molar-refractivity contribution is -0.118. The summed E-state index contributed by atoms with van der Waals surface area (Å²) in [7, 11) is 1.45. The van der Waals surface area contributed by atoms with Gasteiger partial charge in [-0.15, -0.1) is 0 Å². The summed E-state index contributed by atoms with van der Waals surface area (Å²) in [4.78, 5) is 24.7. The van der Waals surface area contributed by atoms with Crippen LogP contribution >= 0.6 is 23.2 Å². The average molecular weight is 510 g/mol. The maximum absolute atomic E-state index is 12.5. The van der Waals surface area contributed by atoms with Gasteiger partial charge in [-0.3, -0.25) is 9.59 Å². The molecule has 2 amide bonds. The van der Waals surface area contributed by atoms with Gasteiger partial charge in [0.25, 0.3) is 11.8 Å². The molecule has 0 spiro atoms. The molecular weight excluding hydrogens is 489 g/mol. The van der Waals surface area contributed by atoms with E-state index in [0.29, 0.717) is 38.5 Å². The van der Waals surface area contributed by atoms with E-state index in [0.717, 1.165) is 5.56 Å². The molecular formula is C26H21Cl2N3O4. The van der Waals surface area contributed by atoms with Gasteiger partial charge in [0, 0.05) is 11.4 Å². The topological polar surface area (TPSA) is 100 Å². The summed E-state index contributed by atoms with van der Waals surface area (Å²) in [5, 5.41) is 15.5. The smallest absolute Gasteiger partial charge is 0.266 e. The van der Waals surface area contributed by atoms with Crippen molar-refractivity contribution in [3.05, 3.63) is 87.4 Å². The molecule has 3 rings (SSSR count). The van der Waals surface area contributed by atoms with Crippen LogP contribution in [0, 0.1) is 18.3 Å². The van der Waals surface area contributed by atoms with Crippen LogP contribution in [-0.4, -0.2) is 25.5 Å². The van der Waals surface area contributed by atoms with E-state index in [4.69, 9.17) is 32.7 Å². The molecule has 0 saturated carbocycles. The normalized spacial score (nSPS) is 10.8. The Morgan fingerprint density at radius 3 is 2.31 bits per heavy atom. The van der Waals surface area contributed by atoms with Gasteiger partial charge in [-0.25, -0.2) is 0 Å². The number of hydrogen-bond donors (Lipinski definition) is 2. The predicted octanol–water partition coefficient (Wildman–Crippen LogP) is 5.87. The molecule has 0 atom stereocenters. The number of anilines is 2. The van der Waals surface area contributed by atoms with E-state index in [-0.39, 0.29) is 12.2 Å². The van der Waals surface area contributed by atoms with Crippen LogP contribution in [0.15, 0.2) is 66.2 Å². The third-order valence-corrected chi connectivity index (χ3v) is 5.47. The zero-order valence-electron chi connectivity index (χ0n) is 18.9. The number of benzene rings is 3. The fourth-order valence-corrected chi connectivity index (χ4v) is 3.26. The minimum Gasteiger partial charge on any atom is -0.493 e. The van der Waals surface area contributed by atoms with Crippen molar-refractivity contribution in [2.45, 2.75) is 6.92 Å². The molecule has 35 heavy (non-hydrogen) atoms. The van der Waals surface area contributed by atoms with Crippen molar-refractivity contribution in [3.63, 3.8) is 0 Å². The molecule has 0 aliphatic rings. The number of nitriles is 1. The molecule has 2 N–H and O–H groups in total. The van der Waals surface area contributed by atoms with Gasteiger partial charge in [-0.1, -0.05) is 47.0 Å². The lowest BCUT2D eigenvalue weighted by Gasteiger charge is -2.12.